The van der Waals surface area contributed by atoms with E-state index < -0.39 is 7.14 Å². The van der Waals surface area contributed by atoms with Crippen molar-refractivity contribution in [1.82, 2.24) is 4.98 Å². The fraction of sp³-hybridized carbons (Fsp3) is 0.348. The second-order valence-corrected chi connectivity index (χ2v) is 10.2. The molecule has 0 radical (unpaired) electrons. The lowest BCUT2D eigenvalue weighted by Crippen LogP contribution is -2.11. The second kappa shape index (κ2) is 8.64. The lowest BCUT2D eigenvalue weighted by atomic mass is 10.0. The van der Waals surface area contributed by atoms with E-state index in [1.807, 2.05) is 24.4 Å². The maximum atomic E-state index is 13.6. The molecule has 0 aliphatic heterocycles. The number of hydrogen-bond donors (Lipinski definition) is 0. The predicted molar refractivity (Wildman–Crippen MR) is 114 cm³/mol. The molecule has 0 bridgehead atoms. The van der Waals surface area contributed by atoms with Crippen molar-refractivity contribution < 1.29 is 4.57 Å². The van der Waals surface area contributed by atoms with E-state index in [1.54, 1.807) is 0 Å². The number of unbranched alkanes of at least 4 members (excludes halogenated alkanes) is 2. The number of nitrogens with zero attached hydrogens (tertiary/aromatic N) is 1. The minimum Gasteiger partial charge on any atom is -0.319 e. The number of fused-ring (bicyclic) bond motifs is 1. The van der Waals surface area contributed by atoms with Crippen molar-refractivity contribution in [3.63, 3.8) is 0 Å². The summed E-state index contributed by atoms with van der Waals surface area (Å²) in [4.78, 5) is 4.60. The van der Waals surface area contributed by atoms with Gasteiger partial charge < -0.3 is 4.57 Å². The summed E-state index contributed by atoms with van der Waals surface area (Å²) in [5.41, 5.74) is 2.08. The molecule has 0 atom stereocenters. The summed E-state index contributed by atoms with van der Waals surface area (Å²) in [5, 5.41) is 3.38. The molecule has 136 valence electrons. The molecule has 0 saturated heterocycles. The predicted octanol–water partition coefficient (Wildman–Crippen LogP) is 6.49. The third-order valence-corrected chi connectivity index (χ3v) is 8.35. The zero-order valence-electron chi connectivity index (χ0n) is 15.8. The second-order valence-electron chi connectivity index (χ2n) is 6.97. The first kappa shape index (κ1) is 18.9. The molecule has 3 heteroatoms. The van der Waals surface area contributed by atoms with Gasteiger partial charge in [-0.15, -0.1) is 0 Å². The highest BCUT2D eigenvalue weighted by molar-refractivity contribution is 7.71. The van der Waals surface area contributed by atoms with E-state index in [4.69, 9.17) is 0 Å². The van der Waals surface area contributed by atoms with Crippen molar-refractivity contribution in [2.75, 3.05) is 12.3 Å². The summed E-state index contributed by atoms with van der Waals surface area (Å²) < 4.78 is 13.6. The molecule has 0 spiro atoms. The molecule has 0 fully saturated rings. The van der Waals surface area contributed by atoms with Crippen LogP contribution in [0.4, 0.5) is 0 Å². The average molecular weight is 365 g/mol. The summed E-state index contributed by atoms with van der Waals surface area (Å²) in [5.74, 6) is 0. The Bertz CT molecular complexity index is 884. The minimum atomic E-state index is -2.28. The van der Waals surface area contributed by atoms with Gasteiger partial charge in [0.15, 0.2) is 0 Å². The molecule has 1 heterocycles. The van der Waals surface area contributed by atoms with E-state index in [2.05, 4.69) is 55.2 Å². The Balaban J connectivity index is 1.95. The molecular formula is C23H28NOP. The van der Waals surface area contributed by atoms with Crippen molar-refractivity contribution in [3.05, 3.63) is 60.8 Å². The van der Waals surface area contributed by atoms with Gasteiger partial charge in [-0.05, 0) is 24.3 Å². The molecule has 0 aliphatic rings. The topological polar surface area (TPSA) is 30.0 Å². The summed E-state index contributed by atoms with van der Waals surface area (Å²) in [6, 6.07) is 18.7. The van der Waals surface area contributed by atoms with Gasteiger partial charge in [0, 0.05) is 34.8 Å². The first-order chi connectivity index (χ1) is 12.7. The van der Waals surface area contributed by atoms with E-state index >= 15 is 0 Å². The van der Waals surface area contributed by atoms with Crippen LogP contribution in [0.5, 0.6) is 0 Å². The first-order valence-electron chi connectivity index (χ1n) is 9.71. The van der Waals surface area contributed by atoms with Crippen LogP contribution in [-0.4, -0.2) is 17.3 Å². The van der Waals surface area contributed by atoms with E-state index in [1.165, 1.54) is 5.39 Å². The van der Waals surface area contributed by atoms with Crippen molar-refractivity contribution in [3.8, 4) is 11.3 Å². The summed E-state index contributed by atoms with van der Waals surface area (Å²) >= 11 is 0. The molecule has 3 rings (SSSR count). The van der Waals surface area contributed by atoms with Crippen LogP contribution in [0.1, 0.15) is 39.5 Å². The van der Waals surface area contributed by atoms with Gasteiger partial charge in [0.1, 0.15) is 7.14 Å². The Morgan fingerprint density at radius 3 is 2.15 bits per heavy atom. The van der Waals surface area contributed by atoms with E-state index in [0.717, 1.165) is 60.0 Å². The van der Waals surface area contributed by atoms with Gasteiger partial charge in [-0.3, -0.25) is 4.98 Å². The molecule has 0 unspecified atom stereocenters. The zero-order chi connectivity index (χ0) is 18.4. The number of hydrogen-bond acceptors (Lipinski definition) is 2. The number of pyridine rings is 1. The normalized spacial score (nSPS) is 11.8. The number of rotatable bonds is 8. The summed E-state index contributed by atoms with van der Waals surface area (Å²) in [6.07, 6.45) is 7.77. The van der Waals surface area contributed by atoms with Crippen molar-refractivity contribution in [1.29, 1.82) is 0 Å². The van der Waals surface area contributed by atoms with Gasteiger partial charge in [-0.1, -0.05) is 75.2 Å². The average Bonchev–Trinajstić information content (AvgIpc) is 2.70. The Hall–Kier alpha value is -1.92. The molecule has 0 saturated carbocycles. The monoisotopic (exact) mass is 365 g/mol. The Labute approximate surface area is 157 Å². The fourth-order valence-electron chi connectivity index (χ4n) is 3.44. The Morgan fingerprint density at radius 1 is 0.846 bits per heavy atom. The highest BCUT2D eigenvalue weighted by Crippen LogP contribution is 2.46. The molecule has 0 amide bonds. The highest BCUT2D eigenvalue weighted by atomic mass is 31.2. The summed E-state index contributed by atoms with van der Waals surface area (Å²) in [7, 11) is -2.28. The third kappa shape index (κ3) is 4.07. The van der Waals surface area contributed by atoms with Crippen molar-refractivity contribution in [2.45, 2.75) is 39.5 Å². The van der Waals surface area contributed by atoms with Crippen LogP contribution in [0, 0.1) is 0 Å². The maximum Gasteiger partial charge on any atom is 0.115 e. The van der Waals surface area contributed by atoms with Gasteiger partial charge in [-0.25, -0.2) is 0 Å². The molecular weight excluding hydrogens is 337 g/mol. The van der Waals surface area contributed by atoms with E-state index in [9.17, 15) is 4.57 Å². The van der Waals surface area contributed by atoms with Gasteiger partial charge in [-0.2, -0.15) is 0 Å². The van der Waals surface area contributed by atoms with Crippen LogP contribution in [0.2, 0.25) is 0 Å². The minimum absolute atomic E-state index is 0.829. The van der Waals surface area contributed by atoms with Crippen LogP contribution in [-0.2, 0) is 4.57 Å². The first-order valence-corrected chi connectivity index (χ1v) is 11.8. The largest absolute Gasteiger partial charge is 0.319 e. The maximum absolute atomic E-state index is 13.6. The zero-order valence-corrected chi connectivity index (χ0v) is 16.7. The van der Waals surface area contributed by atoms with Gasteiger partial charge in [0.05, 0.1) is 5.69 Å². The lowest BCUT2D eigenvalue weighted by molar-refractivity contribution is 0.576. The molecule has 3 aromatic rings. The van der Waals surface area contributed by atoms with E-state index in [0.29, 0.717) is 0 Å². The lowest BCUT2D eigenvalue weighted by Gasteiger charge is -2.19. The molecule has 26 heavy (non-hydrogen) atoms. The number of benzene rings is 2. The Kier molecular flexibility index (Phi) is 6.27. The van der Waals surface area contributed by atoms with Gasteiger partial charge >= 0.3 is 0 Å². The standard InChI is InChI=1S/C23H28NOP/c1-3-5-17-26(25,18-6-4-2)21-13-11-20(12-14-21)23-22-10-8-7-9-19(22)15-16-24-23/h7-16H,3-6,17-18H2,1-2H3. The summed E-state index contributed by atoms with van der Waals surface area (Å²) in [6.45, 7) is 4.33. The molecule has 2 nitrogen and oxygen atoms in total. The quantitative estimate of drug-likeness (QED) is 0.427. The van der Waals surface area contributed by atoms with Crippen LogP contribution >= 0.6 is 7.14 Å². The smallest absolute Gasteiger partial charge is 0.115 e. The fourth-order valence-corrected chi connectivity index (χ4v) is 6.52. The Morgan fingerprint density at radius 2 is 1.50 bits per heavy atom. The van der Waals surface area contributed by atoms with Gasteiger partial charge in [0.2, 0.25) is 0 Å². The van der Waals surface area contributed by atoms with Crippen molar-refractivity contribution >= 4 is 23.2 Å². The van der Waals surface area contributed by atoms with E-state index in [-0.39, 0.29) is 0 Å². The van der Waals surface area contributed by atoms with Gasteiger partial charge in [0.25, 0.3) is 0 Å². The SMILES string of the molecule is CCCCP(=O)(CCCC)c1ccc(-c2nccc3ccccc23)cc1. The van der Waals surface area contributed by atoms with Crippen LogP contribution in [0.3, 0.4) is 0 Å². The van der Waals surface area contributed by atoms with Crippen LogP contribution < -0.4 is 5.30 Å². The van der Waals surface area contributed by atoms with Crippen LogP contribution in [0.25, 0.3) is 22.0 Å². The molecule has 2 aromatic carbocycles. The van der Waals surface area contributed by atoms with Crippen LogP contribution in [0.15, 0.2) is 60.8 Å². The number of aromatic nitrogens is 1. The third-order valence-electron chi connectivity index (χ3n) is 5.03. The van der Waals surface area contributed by atoms with Crippen molar-refractivity contribution in [2.24, 2.45) is 0 Å². The molecule has 1 aromatic heterocycles. The molecule has 0 aliphatic carbocycles. The highest BCUT2D eigenvalue weighted by Gasteiger charge is 2.23. The molecule has 0 N–H and O–H groups in total.